The smallest absolute Gasteiger partial charge is 0.161 e. The van der Waals surface area contributed by atoms with Gasteiger partial charge in [0.05, 0.1) is 5.09 Å². The lowest BCUT2D eigenvalue weighted by molar-refractivity contribution is -0.825. The SMILES string of the molecule is O=[N+]([O-])[O-].O[NH2+]c1ccccc1. The summed E-state index contributed by atoms with van der Waals surface area (Å²) in [4.78, 5) is 8.25. The zero-order chi connectivity index (χ0) is 9.40. The van der Waals surface area contributed by atoms with Crippen molar-refractivity contribution in [1.82, 2.24) is 0 Å². The summed E-state index contributed by atoms with van der Waals surface area (Å²) in [7, 11) is 0. The van der Waals surface area contributed by atoms with Gasteiger partial charge in [0.1, 0.15) is 0 Å². The Morgan fingerprint density at radius 3 is 1.92 bits per heavy atom. The number of nitrogens with two attached hydrogens (primary N) is 1. The molecule has 0 unspecified atom stereocenters. The van der Waals surface area contributed by atoms with Crippen LogP contribution in [0.2, 0.25) is 0 Å². The lowest BCUT2D eigenvalue weighted by Crippen LogP contribution is -2.73. The maximum Gasteiger partial charge on any atom is 0.161 e. The number of hydrogen-bond donors (Lipinski definition) is 2. The molecule has 0 atom stereocenters. The molecule has 0 saturated carbocycles. The van der Waals surface area contributed by atoms with E-state index in [-0.39, 0.29) is 0 Å². The molecule has 12 heavy (non-hydrogen) atoms. The summed E-state index contributed by atoms with van der Waals surface area (Å²) in [5.74, 6) is 0. The Balaban J connectivity index is 0.000000261. The van der Waals surface area contributed by atoms with Gasteiger partial charge in [0.25, 0.3) is 0 Å². The first-order chi connectivity index (χ1) is 5.66. The van der Waals surface area contributed by atoms with Crippen molar-refractivity contribution in [3.63, 3.8) is 0 Å². The Hall–Kier alpha value is -1.66. The van der Waals surface area contributed by atoms with E-state index in [0.717, 1.165) is 11.2 Å². The van der Waals surface area contributed by atoms with Crippen molar-refractivity contribution in [2.45, 2.75) is 0 Å². The minimum absolute atomic E-state index is 0.840. The minimum atomic E-state index is -1.75. The molecule has 0 spiro atoms. The summed E-state index contributed by atoms with van der Waals surface area (Å²) in [6, 6.07) is 9.33. The summed E-state index contributed by atoms with van der Waals surface area (Å²) in [6.45, 7) is 0. The van der Waals surface area contributed by atoms with Crippen LogP contribution < -0.4 is 5.48 Å². The average Bonchev–Trinajstić information content (AvgIpc) is 2.05. The topological polar surface area (TPSA) is 103 Å². The molecule has 6 heteroatoms. The average molecular weight is 172 g/mol. The summed E-state index contributed by atoms with van der Waals surface area (Å²) in [5, 5.41) is 23.2. The van der Waals surface area contributed by atoms with E-state index in [1.165, 1.54) is 0 Å². The van der Waals surface area contributed by atoms with Crippen LogP contribution in [0.3, 0.4) is 0 Å². The van der Waals surface area contributed by atoms with Gasteiger partial charge in [0.15, 0.2) is 5.69 Å². The Kier molecular flexibility index (Phi) is 5.24. The molecule has 3 N–H and O–H groups in total. The second kappa shape index (κ2) is 6.08. The first-order valence-electron chi connectivity index (χ1n) is 3.01. The molecule has 0 bridgehead atoms. The molecule has 0 aromatic heterocycles. The number of rotatable bonds is 1. The van der Waals surface area contributed by atoms with Crippen molar-refractivity contribution in [3.05, 3.63) is 45.7 Å². The maximum absolute atomic E-state index is 8.41. The molecule has 6 nitrogen and oxygen atoms in total. The minimum Gasteiger partial charge on any atom is -0.356 e. The molecular formula is C6H8N2O4. The lowest BCUT2D eigenvalue weighted by atomic mass is 10.3. The Bertz CT molecular complexity index is 222. The second-order valence-corrected chi connectivity index (χ2v) is 1.76. The monoisotopic (exact) mass is 172 g/mol. The van der Waals surface area contributed by atoms with Gasteiger partial charge in [-0.05, 0) is 0 Å². The first kappa shape index (κ1) is 10.3. The third-order valence-electron chi connectivity index (χ3n) is 0.949. The molecule has 0 radical (unpaired) electrons. The molecule has 0 aliphatic rings. The Labute approximate surface area is 68.1 Å². The molecular weight excluding hydrogens is 164 g/mol. The van der Waals surface area contributed by atoms with Crippen molar-refractivity contribution < 1.29 is 15.8 Å². The fourth-order valence-corrected chi connectivity index (χ4v) is 0.539. The zero-order valence-corrected chi connectivity index (χ0v) is 6.08. The molecule has 1 aromatic rings. The van der Waals surface area contributed by atoms with Crippen LogP contribution in [0.15, 0.2) is 30.3 Å². The van der Waals surface area contributed by atoms with Crippen LogP contribution in [0.25, 0.3) is 0 Å². The van der Waals surface area contributed by atoms with Crippen LogP contribution in [-0.2, 0) is 0 Å². The zero-order valence-electron chi connectivity index (χ0n) is 6.08. The van der Waals surface area contributed by atoms with Gasteiger partial charge >= 0.3 is 0 Å². The largest absolute Gasteiger partial charge is 0.356 e. The third kappa shape index (κ3) is 6.46. The van der Waals surface area contributed by atoms with E-state index < -0.39 is 5.09 Å². The van der Waals surface area contributed by atoms with Gasteiger partial charge in [-0.1, -0.05) is 18.2 Å². The van der Waals surface area contributed by atoms with Crippen molar-refractivity contribution in [2.75, 3.05) is 0 Å². The predicted octanol–water partition coefficient (Wildman–Crippen LogP) is 0.0316. The lowest BCUT2D eigenvalue weighted by Gasteiger charge is -1.86. The van der Waals surface area contributed by atoms with Gasteiger partial charge in [-0.2, -0.15) is 5.48 Å². The van der Waals surface area contributed by atoms with Gasteiger partial charge in [0.2, 0.25) is 0 Å². The highest BCUT2D eigenvalue weighted by Gasteiger charge is 1.85. The molecule has 0 fully saturated rings. The van der Waals surface area contributed by atoms with E-state index in [2.05, 4.69) is 0 Å². The van der Waals surface area contributed by atoms with Gasteiger partial charge in [-0.15, -0.1) is 0 Å². The van der Waals surface area contributed by atoms with E-state index in [1.807, 2.05) is 30.3 Å². The van der Waals surface area contributed by atoms with E-state index >= 15 is 0 Å². The summed E-state index contributed by atoms with van der Waals surface area (Å²) in [6.07, 6.45) is 0. The predicted molar refractivity (Wildman–Crippen MR) is 40.2 cm³/mol. The van der Waals surface area contributed by atoms with Gasteiger partial charge in [-0.25, -0.2) is 5.21 Å². The molecule has 66 valence electrons. The van der Waals surface area contributed by atoms with Gasteiger partial charge in [0, 0.05) is 12.1 Å². The van der Waals surface area contributed by atoms with Crippen LogP contribution >= 0.6 is 0 Å². The van der Waals surface area contributed by atoms with Crippen LogP contribution in [0.4, 0.5) is 5.69 Å². The second-order valence-electron chi connectivity index (χ2n) is 1.76. The number of quaternary nitrogens is 1. The van der Waals surface area contributed by atoms with Crippen LogP contribution in [0.5, 0.6) is 0 Å². The molecule has 0 saturated heterocycles. The van der Waals surface area contributed by atoms with Gasteiger partial charge in [-0.3, -0.25) is 0 Å². The van der Waals surface area contributed by atoms with E-state index in [9.17, 15) is 0 Å². The highest BCUT2D eigenvalue weighted by atomic mass is 16.9. The first-order valence-corrected chi connectivity index (χ1v) is 3.01. The highest BCUT2D eigenvalue weighted by molar-refractivity contribution is 5.26. The fraction of sp³-hybridized carbons (Fsp3) is 0. The Morgan fingerprint density at radius 2 is 1.67 bits per heavy atom. The Morgan fingerprint density at radius 1 is 1.25 bits per heavy atom. The number of nitrogens with zero attached hydrogens (tertiary/aromatic N) is 1. The van der Waals surface area contributed by atoms with E-state index in [4.69, 9.17) is 20.5 Å². The number of para-hydroxylation sites is 1. The quantitative estimate of drug-likeness (QED) is 0.354. The van der Waals surface area contributed by atoms with E-state index in [1.54, 1.807) is 0 Å². The molecule has 0 amide bonds. The number of benzene rings is 1. The van der Waals surface area contributed by atoms with Crippen LogP contribution in [0.1, 0.15) is 0 Å². The summed E-state index contributed by atoms with van der Waals surface area (Å²) in [5.41, 5.74) is 1.92. The highest BCUT2D eigenvalue weighted by Crippen LogP contribution is 1.94. The van der Waals surface area contributed by atoms with Crippen LogP contribution in [0, 0.1) is 15.3 Å². The molecule has 0 heterocycles. The summed E-state index contributed by atoms with van der Waals surface area (Å²) >= 11 is 0. The maximum atomic E-state index is 8.41. The summed E-state index contributed by atoms with van der Waals surface area (Å²) < 4.78 is 0. The van der Waals surface area contributed by atoms with Crippen molar-refractivity contribution in [1.29, 1.82) is 0 Å². The third-order valence-corrected chi connectivity index (χ3v) is 0.949. The normalized spacial score (nSPS) is 8.08. The standard InChI is InChI=1S/C6H7NO.NO3/c8-7-6-4-2-1-3-5-6;2-1(3)4/h1-5,7-8H;/q;-1/p+1. The number of hydrogen-bond acceptors (Lipinski definition) is 4. The molecule has 1 rings (SSSR count). The van der Waals surface area contributed by atoms with Crippen molar-refractivity contribution in [3.8, 4) is 0 Å². The molecule has 0 aliphatic heterocycles. The molecule has 1 aromatic carbocycles. The fourth-order valence-electron chi connectivity index (χ4n) is 0.539. The van der Waals surface area contributed by atoms with Crippen molar-refractivity contribution in [2.24, 2.45) is 0 Å². The van der Waals surface area contributed by atoms with Crippen LogP contribution in [-0.4, -0.2) is 10.3 Å². The van der Waals surface area contributed by atoms with E-state index in [0.29, 0.717) is 0 Å². The van der Waals surface area contributed by atoms with Gasteiger partial charge < -0.3 is 15.3 Å². The van der Waals surface area contributed by atoms with Crippen molar-refractivity contribution >= 4 is 5.69 Å². The molecule has 0 aliphatic carbocycles.